The fourth-order valence-electron chi connectivity index (χ4n) is 2.30. The van der Waals surface area contributed by atoms with Crippen LogP contribution in [-0.2, 0) is 0 Å². The van der Waals surface area contributed by atoms with Crippen LogP contribution >= 0.6 is 0 Å². The first-order valence-corrected chi connectivity index (χ1v) is 8.04. The summed E-state index contributed by atoms with van der Waals surface area (Å²) in [5.74, 6) is 1.62. The van der Waals surface area contributed by atoms with Crippen molar-refractivity contribution in [2.45, 2.75) is 65.8 Å². The molecule has 1 fully saturated rings. The van der Waals surface area contributed by atoms with Gasteiger partial charge in [0.25, 0.3) is 0 Å². The van der Waals surface area contributed by atoms with Crippen LogP contribution in [0.5, 0.6) is 0 Å². The molecule has 0 aromatic rings. The molecule has 1 aliphatic carbocycles. The molecule has 0 heterocycles. The molecule has 2 nitrogen and oxygen atoms in total. The van der Waals surface area contributed by atoms with Gasteiger partial charge in [-0.15, -0.1) is 0 Å². The van der Waals surface area contributed by atoms with Gasteiger partial charge in [0.15, 0.2) is 0 Å². The summed E-state index contributed by atoms with van der Waals surface area (Å²) in [6.07, 6.45) is 6.95. The highest BCUT2D eigenvalue weighted by Gasteiger charge is 2.27. The van der Waals surface area contributed by atoms with Crippen molar-refractivity contribution in [1.82, 2.24) is 10.2 Å². The average Bonchev–Trinajstić information content (AvgIpc) is 3.10. The molecule has 18 heavy (non-hydrogen) atoms. The number of nitrogens with one attached hydrogen (secondary N) is 1. The van der Waals surface area contributed by atoms with Gasteiger partial charge in [-0.1, -0.05) is 27.7 Å². The minimum absolute atomic E-state index is 0.777. The third-order valence-corrected chi connectivity index (χ3v) is 3.66. The predicted molar refractivity (Wildman–Crippen MR) is 81.0 cm³/mol. The Morgan fingerprint density at radius 2 is 1.72 bits per heavy atom. The van der Waals surface area contributed by atoms with Crippen LogP contribution in [-0.4, -0.2) is 37.1 Å². The van der Waals surface area contributed by atoms with Gasteiger partial charge < -0.3 is 10.2 Å². The maximum atomic E-state index is 3.54. The first kappa shape index (κ1) is 16.0. The third kappa shape index (κ3) is 8.10. The largest absolute Gasteiger partial charge is 0.316 e. The monoisotopic (exact) mass is 254 g/mol. The Hall–Kier alpha value is -0.0800. The van der Waals surface area contributed by atoms with E-state index in [2.05, 4.69) is 37.9 Å². The molecule has 0 atom stereocenters. The number of rotatable bonds is 11. The van der Waals surface area contributed by atoms with Gasteiger partial charge in [-0.25, -0.2) is 0 Å². The predicted octanol–water partition coefficient (Wildman–Crippen LogP) is 3.52. The van der Waals surface area contributed by atoms with Crippen molar-refractivity contribution >= 4 is 0 Å². The Bertz CT molecular complexity index is 197. The molecule has 1 aliphatic rings. The van der Waals surface area contributed by atoms with E-state index in [0.717, 1.165) is 17.9 Å². The molecule has 0 amide bonds. The fraction of sp³-hybridized carbons (Fsp3) is 1.00. The summed E-state index contributed by atoms with van der Waals surface area (Å²) in [6.45, 7) is 14.2. The maximum Gasteiger partial charge on any atom is 0.00964 e. The molecular formula is C16H34N2. The Labute approximate surface area is 115 Å². The van der Waals surface area contributed by atoms with Crippen LogP contribution in [0, 0.1) is 11.8 Å². The topological polar surface area (TPSA) is 15.3 Å². The van der Waals surface area contributed by atoms with Crippen molar-refractivity contribution in [1.29, 1.82) is 0 Å². The standard InChI is InChI=1S/C16H34N2/c1-14(2)9-12-18(16-7-8-16)11-6-5-10-17-13-15(3)4/h14-17H,5-13H2,1-4H3. The molecule has 0 saturated heterocycles. The Balaban J connectivity index is 2.00. The average molecular weight is 254 g/mol. The molecule has 1 rings (SSSR count). The van der Waals surface area contributed by atoms with E-state index < -0.39 is 0 Å². The quantitative estimate of drug-likeness (QED) is 0.568. The second-order valence-corrected chi connectivity index (χ2v) is 6.75. The summed E-state index contributed by atoms with van der Waals surface area (Å²) >= 11 is 0. The minimum atomic E-state index is 0.777. The highest BCUT2D eigenvalue weighted by molar-refractivity contribution is 4.84. The van der Waals surface area contributed by atoms with E-state index in [4.69, 9.17) is 0 Å². The molecular weight excluding hydrogens is 220 g/mol. The van der Waals surface area contributed by atoms with E-state index in [9.17, 15) is 0 Å². The van der Waals surface area contributed by atoms with Crippen molar-refractivity contribution < 1.29 is 0 Å². The summed E-state index contributed by atoms with van der Waals surface area (Å²) in [5.41, 5.74) is 0. The first-order valence-electron chi connectivity index (χ1n) is 8.04. The lowest BCUT2D eigenvalue weighted by Crippen LogP contribution is -2.30. The molecule has 0 spiro atoms. The summed E-state index contributed by atoms with van der Waals surface area (Å²) < 4.78 is 0. The molecule has 0 bridgehead atoms. The fourth-order valence-corrected chi connectivity index (χ4v) is 2.30. The molecule has 0 aromatic carbocycles. The van der Waals surface area contributed by atoms with Gasteiger partial charge in [-0.2, -0.15) is 0 Å². The van der Waals surface area contributed by atoms with Crippen molar-refractivity contribution in [2.75, 3.05) is 26.2 Å². The highest BCUT2D eigenvalue weighted by Crippen LogP contribution is 2.27. The van der Waals surface area contributed by atoms with E-state index >= 15 is 0 Å². The van der Waals surface area contributed by atoms with Crippen LogP contribution in [0.2, 0.25) is 0 Å². The second kappa shape index (κ2) is 8.92. The van der Waals surface area contributed by atoms with Crippen molar-refractivity contribution in [3.63, 3.8) is 0 Å². The van der Waals surface area contributed by atoms with Crippen LogP contribution in [0.1, 0.15) is 59.8 Å². The zero-order valence-electron chi connectivity index (χ0n) is 13.0. The normalized spacial score (nSPS) is 16.2. The van der Waals surface area contributed by atoms with Gasteiger partial charge in [-0.05, 0) is 70.1 Å². The number of nitrogens with zero attached hydrogens (tertiary/aromatic N) is 1. The Morgan fingerprint density at radius 1 is 1.00 bits per heavy atom. The Kier molecular flexibility index (Phi) is 7.92. The number of hydrogen-bond donors (Lipinski definition) is 1. The van der Waals surface area contributed by atoms with Gasteiger partial charge in [0.2, 0.25) is 0 Å². The zero-order valence-corrected chi connectivity index (χ0v) is 13.0. The molecule has 0 unspecified atom stereocenters. The second-order valence-electron chi connectivity index (χ2n) is 6.75. The van der Waals surface area contributed by atoms with Crippen LogP contribution in [0.4, 0.5) is 0 Å². The molecule has 0 radical (unpaired) electrons. The van der Waals surface area contributed by atoms with E-state index in [1.807, 2.05) is 0 Å². The molecule has 2 heteroatoms. The van der Waals surface area contributed by atoms with Crippen molar-refractivity contribution in [3.05, 3.63) is 0 Å². The van der Waals surface area contributed by atoms with Gasteiger partial charge in [0.05, 0.1) is 0 Å². The molecule has 1 saturated carbocycles. The smallest absolute Gasteiger partial charge is 0.00964 e. The summed E-state index contributed by atoms with van der Waals surface area (Å²) in [5, 5.41) is 3.54. The lowest BCUT2D eigenvalue weighted by atomic mass is 10.1. The van der Waals surface area contributed by atoms with Gasteiger partial charge in [-0.3, -0.25) is 0 Å². The van der Waals surface area contributed by atoms with E-state index in [1.54, 1.807) is 0 Å². The molecule has 108 valence electrons. The maximum absolute atomic E-state index is 3.54. The number of unbranched alkanes of at least 4 members (excludes halogenated alkanes) is 1. The third-order valence-electron chi connectivity index (χ3n) is 3.66. The van der Waals surface area contributed by atoms with Gasteiger partial charge in [0.1, 0.15) is 0 Å². The molecule has 0 aliphatic heterocycles. The highest BCUT2D eigenvalue weighted by atomic mass is 15.2. The van der Waals surface area contributed by atoms with Gasteiger partial charge >= 0.3 is 0 Å². The van der Waals surface area contributed by atoms with E-state index in [0.29, 0.717) is 0 Å². The lowest BCUT2D eigenvalue weighted by molar-refractivity contribution is 0.242. The summed E-state index contributed by atoms with van der Waals surface area (Å²) in [7, 11) is 0. The summed E-state index contributed by atoms with van der Waals surface area (Å²) in [4.78, 5) is 2.74. The van der Waals surface area contributed by atoms with Gasteiger partial charge in [0, 0.05) is 6.04 Å². The van der Waals surface area contributed by atoms with Crippen LogP contribution in [0.25, 0.3) is 0 Å². The van der Waals surface area contributed by atoms with Crippen LogP contribution < -0.4 is 5.32 Å². The zero-order chi connectivity index (χ0) is 13.4. The summed E-state index contributed by atoms with van der Waals surface area (Å²) in [6, 6.07) is 0.937. The van der Waals surface area contributed by atoms with Crippen molar-refractivity contribution in [3.8, 4) is 0 Å². The molecule has 1 N–H and O–H groups in total. The lowest BCUT2D eigenvalue weighted by Gasteiger charge is -2.23. The van der Waals surface area contributed by atoms with Crippen LogP contribution in [0.15, 0.2) is 0 Å². The Morgan fingerprint density at radius 3 is 2.28 bits per heavy atom. The minimum Gasteiger partial charge on any atom is -0.316 e. The molecule has 0 aromatic heterocycles. The van der Waals surface area contributed by atoms with Crippen molar-refractivity contribution in [2.24, 2.45) is 11.8 Å². The van der Waals surface area contributed by atoms with E-state index in [1.165, 1.54) is 58.3 Å². The number of hydrogen-bond acceptors (Lipinski definition) is 2. The van der Waals surface area contributed by atoms with Crippen LogP contribution in [0.3, 0.4) is 0 Å². The van der Waals surface area contributed by atoms with E-state index in [-0.39, 0.29) is 0 Å². The SMILES string of the molecule is CC(C)CCN(CCCCNCC(C)C)C1CC1. The first-order chi connectivity index (χ1) is 8.59.